The van der Waals surface area contributed by atoms with Crippen LogP contribution in [0.5, 0.6) is 0 Å². The molecule has 0 atom stereocenters. The molecule has 3 rings (SSSR count). The Hall–Kier alpha value is -2.60. The van der Waals surface area contributed by atoms with Crippen molar-refractivity contribution in [3.63, 3.8) is 0 Å². The molecule has 24 heavy (non-hydrogen) atoms. The quantitative estimate of drug-likeness (QED) is 0.553. The number of hydrogen-bond donors (Lipinski definition) is 1. The third-order valence-electron chi connectivity index (χ3n) is 3.50. The van der Waals surface area contributed by atoms with Gasteiger partial charge in [-0.05, 0) is 24.3 Å². The van der Waals surface area contributed by atoms with Crippen molar-refractivity contribution in [3.05, 3.63) is 70.7 Å². The van der Waals surface area contributed by atoms with Crippen LogP contribution in [0, 0.1) is 0 Å². The maximum Gasteiger partial charge on any atom is 0.229 e. The molecule has 1 aromatic carbocycles. The predicted molar refractivity (Wildman–Crippen MR) is 98.6 cm³/mol. The molecule has 0 aliphatic rings. The molecule has 6 heteroatoms. The van der Waals surface area contributed by atoms with Gasteiger partial charge in [0.25, 0.3) is 0 Å². The van der Waals surface area contributed by atoms with Crippen molar-refractivity contribution in [1.29, 1.82) is 0 Å². The third-order valence-corrected chi connectivity index (χ3v) is 4.00. The number of hydrogen-bond acceptors (Lipinski definition) is 4. The second kappa shape index (κ2) is 6.49. The molecule has 3 aromatic rings. The maximum absolute atomic E-state index is 12.9. The van der Waals surface area contributed by atoms with Crippen LogP contribution in [0.25, 0.3) is 16.9 Å². The van der Waals surface area contributed by atoms with Crippen LogP contribution in [-0.4, -0.2) is 34.2 Å². The van der Waals surface area contributed by atoms with Crippen LogP contribution in [0.2, 0.25) is 0 Å². The number of nitrogens with zero attached hydrogens (tertiary/aromatic N) is 3. The van der Waals surface area contributed by atoms with E-state index in [0.29, 0.717) is 17.0 Å². The van der Waals surface area contributed by atoms with E-state index in [2.05, 4.69) is 20.9 Å². The number of allylic oxidation sites excluding steroid dienone is 1. The first kappa shape index (κ1) is 16.3. The number of nitrogens with two attached hydrogens (primary N) is 1. The number of Topliss-reactive ketones (excluding diaryl/α,β-unsaturated/α-hetero) is 1. The summed E-state index contributed by atoms with van der Waals surface area (Å²) in [7, 11) is 3.65. The first-order chi connectivity index (χ1) is 11.5. The fraction of sp³-hybridized carbons (Fsp3) is 0.111. The van der Waals surface area contributed by atoms with E-state index in [1.165, 1.54) is 0 Å². The van der Waals surface area contributed by atoms with Gasteiger partial charge in [-0.2, -0.15) is 0 Å². The second-order valence-electron chi connectivity index (χ2n) is 5.63. The third kappa shape index (κ3) is 3.05. The Labute approximate surface area is 148 Å². The highest BCUT2D eigenvalue weighted by Gasteiger charge is 2.22. The molecule has 0 bridgehead atoms. The molecule has 0 aliphatic heterocycles. The van der Waals surface area contributed by atoms with Crippen LogP contribution in [0.15, 0.2) is 65.0 Å². The molecule has 122 valence electrons. The summed E-state index contributed by atoms with van der Waals surface area (Å²) in [6.07, 6.45) is 3.43. The maximum atomic E-state index is 12.9. The van der Waals surface area contributed by atoms with Crippen LogP contribution in [0.3, 0.4) is 0 Å². The zero-order chi connectivity index (χ0) is 17.3. The molecule has 0 spiro atoms. The largest absolute Gasteiger partial charge is 0.394 e. The van der Waals surface area contributed by atoms with Gasteiger partial charge in [0.1, 0.15) is 17.0 Å². The van der Waals surface area contributed by atoms with Crippen molar-refractivity contribution >= 4 is 27.4 Å². The second-order valence-corrected chi connectivity index (χ2v) is 6.54. The van der Waals surface area contributed by atoms with Gasteiger partial charge in [0.2, 0.25) is 5.78 Å². The lowest BCUT2D eigenvalue weighted by molar-refractivity contribution is 0.102. The Morgan fingerprint density at radius 3 is 2.75 bits per heavy atom. The van der Waals surface area contributed by atoms with Crippen LogP contribution < -0.4 is 5.73 Å². The molecule has 0 unspecified atom stereocenters. The summed E-state index contributed by atoms with van der Waals surface area (Å²) < 4.78 is 2.70. The summed E-state index contributed by atoms with van der Waals surface area (Å²) in [4.78, 5) is 19.3. The molecule has 0 saturated carbocycles. The zero-order valence-electron chi connectivity index (χ0n) is 13.4. The highest BCUT2D eigenvalue weighted by atomic mass is 79.9. The van der Waals surface area contributed by atoms with E-state index >= 15 is 0 Å². The van der Waals surface area contributed by atoms with Crippen molar-refractivity contribution in [2.75, 3.05) is 14.1 Å². The van der Waals surface area contributed by atoms with Crippen molar-refractivity contribution in [3.8, 4) is 11.3 Å². The number of rotatable bonds is 4. The summed E-state index contributed by atoms with van der Waals surface area (Å²) >= 11 is 3.46. The fourth-order valence-electron chi connectivity index (χ4n) is 2.52. The number of aromatic nitrogens is 2. The molecule has 0 aliphatic carbocycles. The number of carbonyl (C=O) groups excluding carboxylic acids is 1. The van der Waals surface area contributed by atoms with Crippen LogP contribution in [0.1, 0.15) is 10.5 Å². The van der Waals surface area contributed by atoms with Gasteiger partial charge >= 0.3 is 0 Å². The average Bonchev–Trinajstić information content (AvgIpc) is 2.93. The molecule has 5 nitrogen and oxygen atoms in total. The van der Waals surface area contributed by atoms with E-state index in [4.69, 9.17) is 5.73 Å². The molecular formula is C18H17BrN4O. The number of halogens is 1. The first-order valence-electron chi connectivity index (χ1n) is 7.39. The average molecular weight is 385 g/mol. The molecule has 0 fully saturated rings. The number of ketones is 1. The van der Waals surface area contributed by atoms with E-state index in [9.17, 15) is 4.79 Å². The molecule has 2 N–H and O–H groups in total. The zero-order valence-corrected chi connectivity index (χ0v) is 15.0. The lowest BCUT2D eigenvalue weighted by Crippen LogP contribution is -2.18. The summed E-state index contributed by atoms with van der Waals surface area (Å²) in [6, 6.07) is 13.3. The SMILES string of the molecule is CN(C)/C=C(\N)C(=O)c1c(-c2cccc(Br)c2)nc2ccccn12. The fourth-order valence-corrected chi connectivity index (χ4v) is 2.92. The minimum absolute atomic E-state index is 0.168. The van der Waals surface area contributed by atoms with Crippen molar-refractivity contribution in [1.82, 2.24) is 14.3 Å². The predicted octanol–water partition coefficient (Wildman–Crippen LogP) is 3.31. The van der Waals surface area contributed by atoms with Gasteiger partial charge in [-0.1, -0.05) is 34.1 Å². The summed E-state index contributed by atoms with van der Waals surface area (Å²) in [5.74, 6) is -0.252. The Kier molecular flexibility index (Phi) is 4.40. The number of pyridine rings is 1. The molecule has 2 heterocycles. The van der Waals surface area contributed by atoms with Crippen LogP contribution >= 0.6 is 15.9 Å². The van der Waals surface area contributed by atoms with Crippen molar-refractivity contribution < 1.29 is 4.79 Å². The monoisotopic (exact) mass is 384 g/mol. The Morgan fingerprint density at radius 1 is 1.25 bits per heavy atom. The van der Waals surface area contributed by atoms with Gasteiger partial charge in [0, 0.05) is 36.5 Å². The van der Waals surface area contributed by atoms with Crippen molar-refractivity contribution in [2.24, 2.45) is 5.73 Å². The Morgan fingerprint density at radius 2 is 2.04 bits per heavy atom. The smallest absolute Gasteiger partial charge is 0.229 e. The van der Waals surface area contributed by atoms with Crippen LogP contribution in [-0.2, 0) is 0 Å². The van der Waals surface area contributed by atoms with Gasteiger partial charge in [0.05, 0.1) is 5.70 Å². The molecule has 0 saturated heterocycles. The molecular weight excluding hydrogens is 368 g/mol. The van der Waals surface area contributed by atoms with E-state index in [0.717, 1.165) is 10.0 Å². The van der Waals surface area contributed by atoms with Gasteiger partial charge in [-0.15, -0.1) is 0 Å². The molecule has 0 amide bonds. The van der Waals surface area contributed by atoms with E-state index in [1.807, 2.05) is 62.8 Å². The van der Waals surface area contributed by atoms with Gasteiger partial charge in [0.15, 0.2) is 0 Å². The lowest BCUT2D eigenvalue weighted by atomic mass is 10.1. The van der Waals surface area contributed by atoms with E-state index in [-0.39, 0.29) is 11.5 Å². The number of fused-ring (bicyclic) bond motifs is 1. The van der Waals surface area contributed by atoms with Gasteiger partial charge in [-0.25, -0.2) is 4.98 Å². The summed E-state index contributed by atoms with van der Waals surface area (Å²) in [5, 5.41) is 0. The van der Waals surface area contributed by atoms with Crippen LogP contribution in [0.4, 0.5) is 0 Å². The Bertz CT molecular complexity index is 943. The highest BCUT2D eigenvalue weighted by molar-refractivity contribution is 9.10. The van der Waals surface area contributed by atoms with Crippen molar-refractivity contribution in [2.45, 2.75) is 0 Å². The normalized spacial score (nSPS) is 11.7. The van der Waals surface area contributed by atoms with Gasteiger partial charge in [-0.3, -0.25) is 9.20 Å². The lowest BCUT2D eigenvalue weighted by Gasteiger charge is -2.09. The Balaban J connectivity index is 2.25. The van der Waals surface area contributed by atoms with Gasteiger partial charge < -0.3 is 10.6 Å². The summed E-state index contributed by atoms with van der Waals surface area (Å²) in [6.45, 7) is 0. The number of carbonyl (C=O) groups is 1. The number of imidazole rings is 1. The standard InChI is InChI=1S/C18H17BrN4O/c1-22(2)11-14(20)18(24)17-16(12-6-5-7-13(19)10-12)21-15-8-3-4-9-23(15)17/h3-11H,20H2,1-2H3/b14-11-. The minimum Gasteiger partial charge on any atom is -0.394 e. The first-order valence-corrected chi connectivity index (χ1v) is 8.18. The summed E-state index contributed by atoms with van der Waals surface area (Å²) in [5.41, 5.74) is 8.79. The number of benzene rings is 1. The topological polar surface area (TPSA) is 63.6 Å². The van der Waals surface area contributed by atoms with E-state index in [1.54, 1.807) is 15.5 Å². The highest BCUT2D eigenvalue weighted by Crippen LogP contribution is 2.28. The molecule has 2 aromatic heterocycles. The minimum atomic E-state index is -0.252. The van der Waals surface area contributed by atoms with E-state index < -0.39 is 0 Å². The molecule has 0 radical (unpaired) electrons.